The van der Waals surface area contributed by atoms with Crippen molar-refractivity contribution in [3.05, 3.63) is 169 Å². The van der Waals surface area contributed by atoms with Crippen LogP contribution in [-0.2, 0) is 11.3 Å². The van der Waals surface area contributed by atoms with Crippen LogP contribution < -0.4 is 26.4 Å². The Morgan fingerprint density at radius 2 is 0.773 bits per heavy atom. The summed E-state index contributed by atoms with van der Waals surface area (Å²) in [4.78, 5) is 12.4. The van der Waals surface area contributed by atoms with Crippen LogP contribution in [-0.4, -0.2) is 18.2 Å². The molecule has 1 aromatic heterocycles. The van der Waals surface area contributed by atoms with Gasteiger partial charge in [-0.2, -0.15) is 4.57 Å². The predicted molar refractivity (Wildman–Crippen MR) is 192 cm³/mol. The molecule has 66 heavy (non-hydrogen) atoms. The van der Waals surface area contributed by atoms with Crippen molar-refractivity contribution in [3.63, 3.8) is 0 Å². The summed E-state index contributed by atoms with van der Waals surface area (Å²) in [6.07, 6.45) is 0.477. The molecule has 0 aliphatic heterocycles. The lowest BCUT2D eigenvalue weighted by molar-refractivity contribution is -0.685. The van der Waals surface area contributed by atoms with Crippen LogP contribution in [0.3, 0.4) is 0 Å². The molecular weight excluding hydrogens is 961 g/mol. The zero-order valence-electron chi connectivity index (χ0n) is 32.2. The van der Waals surface area contributed by atoms with Gasteiger partial charge in [0.25, 0.3) is 0 Å². The Bertz CT molecular complexity index is 2510. The van der Waals surface area contributed by atoms with E-state index < -0.39 is 144 Å². The first-order valence-electron chi connectivity index (χ1n) is 18.5. The topological polar surface area (TPSA) is 30.2 Å². The van der Waals surface area contributed by atoms with Gasteiger partial charge >= 0.3 is 11.0 Å². The molecule has 0 atom stereocenters. The fourth-order valence-electron chi connectivity index (χ4n) is 7.63. The van der Waals surface area contributed by atoms with Crippen LogP contribution in [0, 0.1) is 116 Å². The highest BCUT2D eigenvalue weighted by Crippen LogP contribution is 2.31. The van der Waals surface area contributed by atoms with Crippen molar-refractivity contribution in [1.82, 2.24) is 0 Å². The molecule has 6 aromatic rings. The highest BCUT2D eigenvalue weighted by atomic mass is 32.1. The summed E-state index contributed by atoms with van der Waals surface area (Å²) < 4.78 is 302. The first-order chi connectivity index (χ1) is 31.0. The highest BCUT2D eigenvalue weighted by molar-refractivity contribution is 7.20. The normalized spacial score (nSPS) is 13.2. The average molecular weight is 981 g/mol. The van der Waals surface area contributed by atoms with Gasteiger partial charge in [0.1, 0.15) is 58.8 Å². The van der Waals surface area contributed by atoms with Gasteiger partial charge in [0.05, 0.1) is 5.38 Å². The SMILES string of the molecule is Fc1c(F)c(F)c([B-](c2c(F)c(F)c(F)c(F)c2F)(c2c(F)c(F)c(F)c(F)c2F)c2c(F)c(F)c(F)c(F)c2F)c(F)c1F.O=C(OC1CCCCC1)c1scc[n+]1Cc1ccccc1. The second-order valence-corrected chi connectivity index (χ2v) is 15.2. The minimum atomic E-state index is -7.22. The van der Waals surface area contributed by atoms with Crippen LogP contribution in [0.5, 0.6) is 0 Å². The minimum Gasteiger partial charge on any atom is -0.454 e. The van der Waals surface area contributed by atoms with Gasteiger partial charge in [-0.05, 0) is 25.7 Å². The zero-order valence-corrected chi connectivity index (χ0v) is 33.0. The summed E-state index contributed by atoms with van der Waals surface area (Å²) >= 11 is 1.45. The van der Waals surface area contributed by atoms with E-state index in [4.69, 9.17) is 4.74 Å². The second-order valence-electron chi connectivity index (χ2n) is 14.3. The maximum atomic E-state index is 15.4. The largest absolute Gasteiger partial charge is 0.454 e. The van der Waals surface area contributed by atoms with Gasteiger partial charge in [0.2, 0.25) is 0 Å². The quantitative estimate of drug-likeness (QED) is 0.0381. The van der Waals surface area contributed by atoms with Crippen LogP contribution in [0.2, 0.25) is 0 Å². The third-order valence-corrected chi connectivity index (χ3v) is 11.5. The number of thiazole rings is 1. The molecule has 1 heterocycles. The monoisotopic (exact) mass is 981 g/mol. The van der Waals surface area contributed by atoms with E-state index in [1.54, 1.807) is 0 Å². The van der Waals surface area contributed by atoms with E-state index in [-0.39, 0.29) is 12.1 Å². The molecule has 1 saturated carbocycles. The van der Waals surface area contributed by atoms with Crippen LogP contribution >= 0.6 is 11.3 Å². The number of hydrogen-bond acceptors (Lipinski definition) is 3. The number of ether oxygens (including phenoxy) is 1. The van der Waals surface area contributed by atoms with Crippen molar-refractivity contribution >= 4 is 45.3 Å². The Hall–Kier alpha value is -6.14. The lowest BCUT2D eigenvalue weighted by atomic mass is 9.12. The van der Waals surface area contributed by atoms with E-state index in [1.165, 1.54) is 36.2 Å². The van der Waals surface area contributed by atoms with Crippen molar-refractivity contribution in [3.8, 4) is 0 Å². The van der Waals surface area contributed by atoms with Gasteiger partial charge in [-0.15, -0.1) is 21.9 Å². The van der Waals surface area contributed by atoms with Crippen LogP contribution in [0.15, 0.2) is 41.9 Å². The number of halogens is 20. The molecule has 0 bridgehead atoms. The summed E-state index contributed by atoms with van der Waals surface area (Å²) in [5.74, 6) is -71.6. The van der Waals surface area contributed by atoms with E-state index in [1.807, 2.05) is 34.3 Å². The van der Waals surface area contributed by atoms with Crippen LogP contribution in [0.4, 0.5) is 87.8 Å². The molecule has 0 radical (unpaired) electrons. The van der Waals surface area contributed by atoms with Crippen LogP contribution in [0.25, 0.3) is 0 Å². The molecule has 25 heteroatoms. The van der Waals surface area contributed by atoms with Gasteiger partial charge in [-0.25, -0.2) is 92.6 Å². The van der Waals surface area contributed by atoms with Crippen molar-refractivity contribution in [2.75, 3.05) is 0 Å². The summed E-state index contributed by atoms with van der Waals surface area (Å²) in [6.45, 7) is 0.708. The van der Waals surface area contributed by atoms with E-state index in [9.17, 15) is 57.5 Å². The van der Waals surface area contributed by atoms with Crippen LogP contribution in [0.1, 0.15) is 47.5 Å². The van der Waals surface area contributed by atoms with Crippen molar-refractivity contribution in [2.24, 2.45) is 0 Å². The second kappa shape index (κ2) is 19.0. The molecule has 0 spiro atoms. The number of carbonyl (C=O) groups excluding carboxylic acids is 1. The smallest absolute Gasteiger partial charge is 0.415 e. The molecule has 7 rings (SSSR count). The first kappa shape index (κ1) is 49.3. The van der Waals surface area contributed by atoms with E-state index >= 15 is 35.1 Å². The van der Waals surface area contributed by atoms with Crippen molar-refractivity contribution < 1.29 is 102 Å². The number of carbonyl (C=O) groups is 1. The zero-order chi connectivity index (χ0) is 48.8. The molecule has 0 saturated heterocycles. The van der Waals surface area contributed by atoms with Gasteiger partial charge in [-0.1, -0.05) is 48.1 Å². The molecule has 3 nitrogen and oxygen atoms in total. The third kappa shape index (κ3) is 8.11. The third-order valence-electron chi connectivity index (χ3n) is 10.6. The predicted octanol–water partition coefficient (Wildman–Crippen LogP) is 9.42. The first-order valence-corrected chi connectivity index (χ1v) is 19.4. The minimum absolute atomic E-state index is 0.110. The maximum absolute atomic E-state index is 15.4. The summed E-state index contributed by atoms with van der Waals surface area (Å²) in [5.41, 5.74) is -13.1. The standard InChI is InChI=1S/C24BF20.C17H20NO2S/c26-5-1(6(27)14(35)21(42)13(5)34)25(2-7(28)15(36)22(43)16(37)8(2)29,3-9(30)17(38)23(44)18(39)10(3)31)4-11(32)19(40)24(45)20(41)12(4)33;19-17(20-15-9-5-2-6-10-15)16-18(11-12-21-16)13-14-7-3-1-4-8-14/h;1,3-4,7-8,11-12,15H,2,5-6,9-10,13H2/q-1;+1. The molecule has 0 unspecified atom stereocenters. The van der Waals surface area contributed by atoms with E-state index in [2.05, 4.69) is 12.1 Å². The molecule has 5 aromatic carbocycles. The van der Waals surface area contributed by atoms with Crippen molar-refractivity contribution in [1.29, 1.82) is 0 Å². The lowest BCUT2D eigenvalue weighted by Gasteiger charge is -2.44. The number of benzene rings is 5. The number of aromatic nitrogens is 1. The number of esters is 1. The lowest BCUT2D eigenvalue weighted by Crippen LogP contribution is -2.81. The van der Waals surface area contributed by atoms with Gasteiger partial charge in [0.15, 0.2) is 82.5 Å². The maximum Gasteiger partial charge on any atom is 0.415 e. The molecule has 350 valence electrons. The average Bonchev–Trinajstić information content (AvgIpc) is 3.78. The summed E-state index contributed by atoms with van der Waals surface area (Å²) in [7, 11) is 0. The van der Waals surface area contributed by atoms with E-state index in [0.29, 0.717) is 11.6 Å². The van der Waals surface area contributed by atoms with E-state index in [0.717, 1.165) is 12.8 Å². The fraction of sp³-hybridized carbons (Fsp3) is 0.171. The Balaban J connectivity index is 0.000000284. The molecule has 1 fully saturated rings. The summed E-state index contributed by atoms with van der Waals surface area (Å²) in [6, 6.07) is 10.2. The van der Waals surface area contributed by atoms with Gasteiger partial charge < -0.3 is 4.74 Å². The molecule has 1 aliphatic carbocycles. The molecule has 1 aliphatic rings. The van der Waals surface area contributed by atoms with Gasteiger partial charge in [0, 0.05) is 5.56 Å². The number of nitrogens with zero attached hydrogens (tertiary/aromatic N) is 1. The Morgan fingerprint density at radius 1 is 0.470 bits per heavy atom. The summed E-state index contributed by atoms with van der Waals surface area (Å²) in [5, 5.41) is 2.63. The number of hydrogen-bond donors (Lipinski definition) is 0. The number of rotatable bonds is 8. The fourth-order valence-corrected chi connectivity index (χ4v) is 8.37. The molecule has 0 N–H and O–H groups in total. The van der Waals surface area contributed by atoms with Gasteiger partial charge in [-0.3, -0.25) is 0 Å². The molecular formula is C41H20BF20NO2S. The Morgan fingerprint density at radius 3 is 1.09 bits per heavy atom. The van der Waals surface area contributed by atoms with Crippen molar-refractivity contribution in [2.45, 2.75) is 44.8 Å². The molecule has 0 amide bonds. The highest BCUT2D eigenvalue weighted by Gasteiger charge is 2.52. The Kier molecular flexibility index (Phi) is 14.2. The Labute approximate surface area is 360 Å².